The highest BCUT2D eigenvalue weighted by atomic mass is 16.5. The lowest BCUT2D eigenvalue weighted by Crippen LogP contribution is -2.44. The Morgan fingerprint density at radius 1 is 1.16 bits per heavy atom. The first-order chi connectivity index (χ1) is 15.4. The van der Waals surface area contributed by atoms with Crippen LogP contribution in [0.3, 0.4) is 0 Å². The zero-order chi connectivity index (χ0) is 22.6. The molecule has 0 radical (unpaired) electrons. The number of amides is 1. The van der Waals surface area contributed by atoms with E-state index in [2.05, 4.69) is 25.8 Å². The van der Waals surface area contributed by atoms with E-state index in [1.807, 2.05) is 45.0 Å². The van der Waals surface area contributed by atoms with Gasteiger partial charge in [-0.05, 0) is 57.9 Å². The summed E-state index contributed by atoms with van der Waals surface area (Å²) < 4.78 is 5.45. The summed E-state index contributed by atoms with van der Waals surface area (Å²) in [5.41, 5.74) is 2.02. The second-order valence-electron chi connectivity index (χ2n) is 9.50. The third-order valence-electron chi connectivity index (χ3n) is 5.63. The Kier molecular flexibility index (Phi) is 6.91. The van der Waals surface area contributed by atoms with Crippen LogP contribution in [0.15, 0.2) is 30.5 Å². The lowest BCUT2D eigenvalue weighted by Gasteiger charge is -2.29. The first-order valence-corrected chi connectivity index (χ1v) is 11.5. The van der Waals surface area contributed by atoms with Crippen molar-refractivity contribution in [3.63, 3.8) is 0 Å². The van der Waals surface area contributed by atoms with Gasteiger partial charge in [0.1, 0.15) is 11.6 Å². The maximum atomic E-state index is 13.0. The molecular formula is C24H34N6O2. The van der Waals surface area contributed by atoms with Crippen molar-refractivity contribution in [2.75, 3.05) is 49.6 Å². The van der Waals surface area contributed by atoms with Crippen molar-refractivity contribution in [2.24, 2.45) is 0 Å². The van der Waals surface area contributed by atoms with Crippen molar-refractivity contribution in [1.82, 2.24) is 20.6 Å². The van der Waals surface area contributed by atoms with Crippen LogP contribution in [0.4, 0.5) is 11.6 Å². The summed E-state index contributed by atoms with van der Waals surface area (Å²) in [6.45, 7) is 11.1. The molecule has 0 unspecified atom stereocenters. The number of nitrogens with one attached hydrogen (secondary N) is 3. The number of anilines is 2. The average Bonchev–Trinajstić information content (AvgIpc) is 2.79. The zero-order valence-corrected chi connectivity index (χ0v) is 19.3. The number of carbonyl (C=O) groups excluding carboxylic acids is 1. The molecule has 172 valence electrons. The van der Waals surface area contributed by atoms with E-state index in [1.165, 1.54) is 0 Å². The molecule has 4 rings (SSSR count). The fourth-order valence-corrected chi connectivity index (χ4v) is 3.98. The Balaban J connectivity index is 1.65. The summed E-state index contributed by atoms with van der Waals surface area (Å²) in [7, 11) is 0. The van der Waals surface area contributed by atoms with E-state index in [0.717, 1.165) is 75.1 Å². The predicted octanol–water partition coefficient (Wildman–Crippen LogP) is 2.67. The molecule has 2 aromatic heterocycles. The summed E-state index contributed by atoms with van der Waals surface area (Å²) in [6.07, 6.45) is 3.74. The standard InChI is InChI=1S/C24H34N6O2/c1-24(2,3)29-23(31)18-14-20(28-22(16-18)30-10-8-25-9-11-30)17-4-7-26-21(15-17)27-19-5-12-32-13-6-19/h4,7,14-16,19,25H,5-6,8-13H2,1-3H3,(H,26,27)(H,29,31). The van der Waals surface area contributed by atoms with E-state index in [4.69, 9.17) is 9.72 Å². The molecule has 2 aliphatic rings. The van der Waals surface area contributed by atoms with Gasteiger partial charge in [-0.15, -0.1) is 0 Å². The molecule has 0 aliphatic carbocycles. The number of carbonyl (C=O) groups is 1. The minimum atomic E-state index is -0.312. The second-order valence-corrected chi connectivity index (χ2v) is 9.50. The van der Waals surface area contributed by atoms with Gasteiger partial charge in [0.15, 0.2) is 0 Å². The number of rotatable bonds is 5. The number of hydrogen-bond donors (Lipinski definition) is 3. The monoisotopic (exact) mass is 438 g/mol. The first kappa shape index (κ1) is 22.5. The molecule has 0 aromatic carbocycles. The van der Waals surface area contributed by atoms with Gasteiger partial charge in [0, 0.05) is 68.3 Å². The van der Waals surface area contributed by atoms with Crippen LogP contribution in [0, 0.1) is 0 Å². The molecule has 4 heterocycles. The number of ether oxygens (including phenoxy) is 1. The number of nitrogens with zero attached hydrogens (tertiary/aromatic N) is 3. The topological polar surface area (TPSA) is 91.4 Å². The zero-order valence-electron chi connectivity index (χ0n) is 19.3. The largest absolute Gasteiger partial charge is 0.381 e. The number of pyridine rings is 2. The van der Waals surface area contributed by atoms with E-state index in [0.29, 0.717) is 11.6 Å². The average molecular weight is 439 g/mol. The molecule has 32 heavy (non-hydrogen) atoms. The van der Waals surface area contributed by atoms with Gasteiger partial charge in [0.2, 0.25) is 0 Å². The van der Waals surface area contributed by atoms with E-state index in [-0.39, 0.29) is 11.4 Å². The maximum absolute atomic E-state index is 13.0. The van der Waals surface area contributed by atoms with Crippen molar-refractivity contribution in [3.05, 3.63) is 36.0 Å². The van der Waals surface area contributed by atoms with Crippen molar-refractivity contribution < 1.29 is 9.53 Å². The Labute approximate surface area is 190 Å². The molecule has 2 fully saturated rings. The highest BCUT2D eigenvalue weighted by Gasteiger charge is 2.20. The first-order valence-electron chi connectivity index (χ1n) is 11.5. The van der Waals surface area contributed by atoms with Crippen molar-refractivity contribution in [3.8, 4) is 11.3 Å². The Morgan fingerprint density at radius 3 is 2.62 bits per heavy atom. The Morgan fingerprint density at radius 2 is 1.91 bits per heavy atom. The van der Waals surface area contributed by atoms with E-state index in [9.17, 15) is 4.79 Å². The molecule has 2 aromatic rings. The second kappa shape index (κ2) is 9.83. The van der Waals surface area contributed by atoms with Crippen molar-refractivity contribution >= 4 is 17.5 Å². The summed E-state index contributed by atoms with van der Waals surface area (Å²) in [4.78, 5) is 24.7. The molecular weight excluding hydrogens is 404 g/mol. The minimum Gasteiger partial charge on any atom is -0.381 e. The van der Waals surface area contributed by atoms with Crippen LogP contribution < -0.4 is 20.9 Å². The number of piperazine rings is 1. The van der Waals surface area contributed by atoms with Crippen LogP contribution in [0.2, 0.25) is 0 Å². The van der Waals surface area contributed by atoms with E-state index >= 15 is 0 Å². The van der Waals surface area contributed by atoms with Crippen LogP contribution in [-0.2, 0) is 4.74 Å². The van der Waals surface area contributed by atoms with Crippen LogP contribution in [0.5, 0.6) is 0 Å². The molecule has 2 saturated heterocycles. The van der Waals surface area contributed by atoms with Crippen LogP contribution in [0.1, 0.15) is 44.0 Å². The summed E-state index contributed by atoms with van der Waals surface area (Å²) >= 11 is 0. The Bertz CT molecular complexity index is 930. The fraction of sp³-hybridized carbons (Fsp3) is 0.542. The molecule has 8 heteroatoms. The van der Waals surface area contributed by atoms with Gasteiger partial charge < -0.3 is 25.6 Å². The predicted molar refractivity (Wildman–Crippen MR) is 127 cm³/mol. The van der Waals surface area contributed by atoms with E-state index in [1.54, 1.807) is 6.20 Å². The maximum Gasteiger partial charge on any atom is 0.251 e. The lowest BCUT2D eigenvalue weighted by molar-refractivity contribution is 0.0903. The highest BCUT2D eigenvalue weighted by molar-refractivity contribution is 5.96. The third-order valence-corrected chi connectivity index (χ3v) is 5.63. The minimum absolute atomic E-state index is 0.0906. The molecule has 0 atom stereocenters. The highest BCUT2D eigenvalue weighted by Crippen LogP contribution is 2.26. The quantitative estimate of drug-likeness (QED) is 0.661. The molecule has 1 amide bonds. The van der Waals surface area contributed by atoms with Crippen LogP contribution >= 0.6 is 0 Å². The SMILES string of the molecule is CC(C)(C)NC(=O)c1cc(-c2ccnc(NC3CCOCC3)c2)nc(N2CCNCC2)c1. The van der Waals surface area contributed by atoms with Crippen molar-refractivity contribution in [1.29, 1.82) is 0 Å². The molecule has 0 saturated carbocycles. The van der Waals surface area contributed by atoms with Gasteiger partial charge in [0.25, 0.3) is 5.91 Å². The molecule has 8 nitrogen and oxygen atoms in total. The summed E-state index contributed by atoms with van der Waals surface area (Å²) in [6, 6.07) is 8.10. The van der Waals surface area contributed by atoms with Gasteiger partial charge in [-0.1, -0.05) is 0 Å². The van der Waals surface area contributed by atoms with Crippen molar-refractivity contribution in [2.45, 2.75) is 45.2 Å². The third kappa shape index (κ3) is 5.95. The summed E-state index contributed by atoms with van der Waals surface area (Å²) in [5.74, 6) is 1.57. The Hall–Kier alpha value is -2.71. The normalized spacial score (nSPS) is 17.8. The lowest BCUT2D eigenvalue weighted by atomic mass is 10.1. The van der Waals surface area contributed by atoms with Gasteiger partial charge in [0.05, 0.1) is 5.69 Å². The van der Waals surface area contributed by atoms with E-state index < -0.39 is 0 Å². The fourth-order valence-electron chi connectivity index (χ4n) is 3.98. The van der Waals surface area contributed by atoms with Gasteiger partial charge >= 0.3 is 0 Å². The number of hydrogen-bond acceptors (Lipinski definition) is 7. The smallest absolute Gasteiger partial charge is 0.251 e. The molecule has 3 N–H and O–H groups in total. The molecule has 2 aliphatic heterocycles. The van der Waals surface area contributed by atoms with Crippen LogP contribution in [-0.4, -0.2) is 66.8 Å². The molecule has 0 spiro atoms. The van der Waals surface area contributed by atoms with Gasteiger partial charge in [-0.25, -0.2) is 9.97 Å². The van der Waals surface area contributed by atoms with Gasteiger partial charge in [-0.2, -0.15) is 0 Å². The van der Waals surface area contributed by atoms with Gasteiger partial charge in [-0.3, -0.25) is 4.79 Å². The van der Waals surface area contributed by atoms with Crippen LogP contribution in [0.25, 0.3) is 11.3 Å². The molecule has 0 bridgehead atoms. The number of aromatic nitrogens is 2. The summed E-state index contributed by atoms with van der Waals surface area (Å²) in [5, 5.41) is 9.97.